The van der Waals surface area contributed by atoms with Crippen LogP contribution < -0.4 is 10.2 Å². The molecule has 7 nitrogen and oxygen atoms in total. The van der Waals surface area contributed by atoms with Crippen LogP contribution in [0.3, 0.4) is 0 Å². The number of aromatic carboxylic acids is 1. The Bertz CT molecular complexity index is 1350. The summed E-state index contributed by atoms with van der Waals surface area (Å²) in [6, 6.07) is 8.12. The lowest BCUT2D eigenvalue weighted by molar-refractivity contribution is 0.0702. The normalized spacial score (nSPS) is 16.1. The average Bonchev–Trinajstić information content (AvgIpc) is 3.49. The molecule has 0 radical (unpaired) electrons. The molecule has 156 valence electrons. The van der Waals surface area contributed by atoms with E-state index in [4.69, 9.17) is 5.11 Å². The highest BCUT2D eigenvalue weighted by Gasteiger charge is 2.36. The molecule has 10 heteroatoms. The zero-order valence-corrected chi connectivity index (χ0v) is 16.5. The Morgan fingerprint density at radius 1 is 1.19 bits per heavy atom. The number of carbonyl (C=O) groups is 2. The summed E-state index contributed by atoms with van der Waals surface area (Å²) in [4.78, 5) is 32.1. The van der Waals surface area contributed by atoms with Crippen molar-refractivity contribution in [2.45, 2.75) is 6.04 Å². The van der Waals surface area contributed by atoms with Crippen molar-refractivity contribution in [3.05, 3.63) is 70.2 Å². The number of carbonyl (C=O) groups excluding carboxylic acids is 1. The first-order valence-corrected chi connectivity index (χ1v) is 10.1. The van der Waals surface area contributed by atoms with Crippen molar-refractivity contribution in [1.82, 2.24) is 15.3 Å². The molecule has 5 rings (SSSR count). The van der Waals surface area contributed by atoms with Crippen LogP contribution in [0.5, 0.6) is 0 Å². The highest BCUT2D eigenvalue weighted by Crippen LogP contribution is 2.36. The number of carboxylic acid groups (broad SMARTS) is 1. The molecule has 3 heterocycles. The number of halogens is 2. The summed E-state index contributed by atoms with van der Waals surface area (Å²) in [7, 11) is 0. The molecule has 0 bridgehead atoms. The van der Waals surface area contributed by atoms with Gasteiger partial charge in [-0.2, -0.15) is 0 Å². The standard InChI is InChI=1S/C21H14F2N4O3S/c22-18-12(10-5-17(20(28)29)31-8-10)2-3-13(19(18)23)16-7-24-21(30)27(16)11-1-4-14-15(6-11)26-9-25-14/h1-6,8-9,16H,7H2,(H,24,30)(H,25,26)(H,28,29). The maximum Gasteiger partial charge on any atom is 0.345 e. The number of carboxylic acids is 1. The molecule has 2 aromatic heterocycles. The van der Waals surface area contributed by atoms with Gasteiger partial charge in [0.15, 0.2) is 11.6 Å². The van der Waals surface area contributed by atoms with Crippen molar-refractivity contribution in [3.63, 3.8) is 0 Å². The van der Waals surface area contributed by atoms with Crippen LogP contribution in [0.1, 0.15) is 21.3 Å². The summed E-state index contributed by atoms with van der Waals surface area (Å²) in [5.41, 5.74) is 2.23. The van der Waals surface area contributed by atoms with Crippen molar-refractivity contribution < 1.29 is 23.5 Å². The SMILES string of the molecule is O=C(O)c1cc(-c2ccc(C3CNC(=O)N3c3ccc4nc[nH]c4c3)c(F)c2F)cs1. The molecule has 1 aliphatic heterocycles. The maximum absolute atomic E-state index is 15.1. The first-order chi connectivity index (χ1) is 14.9. The van der Waals surface area contributed by atoms with Gasteiger partial charge >= 0.3 is 12.0 Å². The summed E-state index contributed by atoms with van der Waals surface area (Å²) in [5, 5.41) is 13.2. The van der Waals surface area contributed by atoms with Crippen molar-refractivity contribution >= 4 is 40.1 Å². The van der Waals surface area contributed by atoms with Gasteiger partial charge in [-0.05, 0) is 35.2 Å². The number of amides is 2. The fraction of sp³-hybridized carbons (Fsp3) is 0.0952. The number of nitrogens with one attached hydrogen (secondary N) is 2. The Balaban J connectivity index is 1.54. The van der Waals surface area contributed by atoms with E-state index in [0.29, 0.717) is 11.2 Å². The number of thiophene rings is 1. The number of rotatable bonds is 4. The number of anilines is 1. The van der Waals surface area contributed by atoms with Crippen LogP contribution in [0.4, 0.5) is 19.3 Å². The largest absolute Gasteiger partial charge is 0.477 e. The Hall–Kier alpha value is -3.79. The Morgan fingerprint density at radius 3 is 2.81 bits per heavy atom. The molecular weight excluding hydrogens is 426 g/mol. The molecule has 31 heavy (non-hydrogen) atoms. The minimum atomic E-state index is -1.13. The van der Waals surface area contributed by atoms with E-state index in [1.165, 1.54) is 34.8 Å². The first kappa shape index (κ1) is 19.2. The van der Waals surface area contributed by atoms with E-state index in [0.717, 1.165) is 16.9 Å². The fourth-order valence-corrected chi connectivity index (χ4v) is 4.50. The monoisotopic (exact) mass is 440 g/mol. The Labute approximate surface area is 178 Å². The van der Waals surface area contributed by atoms with Gasteiger partial charge in [0.1, 0.15) is 4.88 Å². The van der Waals surface area contributed by atoms with Crippen molar-refractivity contribution in [2.75, 3.05) is 11.4 Å². The Kier molecular flexibility index (Phi) is 4.44. The second kappa shape index (κ2) is 7.17. The second-order valence-electron chi connectivity index (χ2n) is 7.01. The second-order valence-corrected chi connectivity index (χ2v) is 7.92. The Morgan fingerprint density at radius 2 is 2.03 bits per heavy atom. The molecule has 1 saturated heterocycles. The van der Waals surface area contributed by atoms with Crippen LogP contribution in [-0.2, 0) is 0 Å². The van der Waals surface area contributed by atoms with E-state index in [2.05, 4.69) is 15.3 Å². The number of urea groups is 1. The quantitative estimate of drug-likeness (QED) is 0.434. The van der Waals surface area contributed by atoms with Gasteiger partial charge in [-0.25, -0.2) is 23.4 Å². The first-order valence-electron chi connectivity index (χ1n) is 9.24. The molecular formula is C21H14F2N4O3S. The molecule has 2 amide bonds. The van der Waals surface area contributed by atoms with Gasteiger partial charge in [-0.1, -0.05) is 12.1 Å². The number of aromatic amines is 1. The van der Waals surface area contributed by atoms with Crippen LogP contribution in [0.25, 0.3) is 22.2 Å². The van der Waals surface area contributed by atoms with E-state index >= 15 is 4.39 Å². The van der Waals surface area contributed by atoms with Gasteiger partial charge in [0.05, 0.1) is 23.4 Å². The summed E-state index contributed by atoms with van der Waals surface area (Å²) in [6.45, 7) is 0.108. The fourth-order valence-electron chi connectivity index (χ4n) is 3.76. The smallest absolute Gasteiger partial charge is 0.345 e. The van der Waals surface area contributed by atoms with Gasteiger partial charge in [0.2, 0.25) is 0 Å². The summed E-state index contributed by atoms with van der Waals surface area (Å²) >= 11 is 0.937. The third kappa shape index (κ3) is 3.12. The number of fused-ring (bicyclic) bond motifs is 1. The minimum absolute atomic E-state index is 0.0259. The van der Waals surface area contributed by atoms with E-state index in [1.807, 2.05) is 0 Å². The zero-order valence-electron chi connectivity index (χ0n) is 15.7. The van der Waals surface area contributed by atoms with Gasteiger partial charge in [0, 0.05) is 23.4 Å². The molecule has 1 unspecified atom stereocenters. The van der Waals surface area contributed by atoms with Gasteiger partial charge in [0.25, 0.3) is 0 Å². The third-order valence-electron chi connectivity index (χ3n) is 5.25. The summed E-state index contributed by atoms with van der Waals surface area (Å²) < 4.78 is 30.1. The third-order valence-corrected chi connectivity index (χ3v) is 6.17. The number of hydrogen-bond donors (Lipinski definition) is 3. The molecule has 1 aliphatic rings. The molecule has 1 atom stereocenters. The van der Waals surface area contributed by atoms with E-state index in [1.54, 1.807) is 18.2 Å². The number of hydrogen-bond acceptors (Lipinski definition) is 4. The van der Waals surface area contributed by atoms with Crippen molar-refractivity contribution in [2.24, 2.45) is 0 Å². The lowest BCUT2D eigenvalue weighted by Gasteiger charge is -2.24. The van der Waals surface area contributed by atoms with Crippen LogP contribution in [-0.4, -0.2) is 33.6 Å². The van der Waals surface area contributed by atoms with Crippen LogP contribution in [0.15, 0.2) is 48.1 Å². The molecule has 0 spiro atoms. The molecule has 3 N–H and O–H groups in total. The van der Waals surface area contributed by atoms with Crippen LogP contribution in [0.2, 0.25) is 0 Å². The molecule has 1 fully saturated rings. The topological polar surface area (TPSA) is 98.3 Å². The van der Waals surface area contributed by atoms with Crippen LogP contribution in [0, 0.1) is 11.6 Å². The molecule has 0 saturated carbocycles. The number of nitrogens with zero attached hydrogens (tertiary/aromatic N) is 2. The number of imidazole rings is 1. The van der Waals surface area contributed by atoms with Gasteiger partial charge in [-0.3, -0.25) is 4.90 Å². The van der Waals surface area contributed by atoms with Gasteiger partial charge < -0.3 is 15.4 Å². The highest BCUT2D eigenvalue weighted by atomic mass is 32.1. The lowest BCUT2D eigenvalue weighted by atomic mass is 9.99. The van der Waals surface area contributed by atoms with Crippen molar-refractivity contribution in [3.8, 4) is 11.1 Å². The van der Waals surface area contributed by atoms with E-state index < -0.39 is 29.7 Å². The minimum Gasteiger partial charge on any atom is -0.477 e. The summed E-state index contributed by atoms with van der Waals surface area (Å²) in [5.74, 6) is -3.29. The molecule has 0 aliphatic carbocycles. The number of aromatic nitrogens is 2. The van der Waals surface area contributed by atoms with E-state index in [-0.39, 0.29) is 28.1 Å². The van der Waals surface area contributed by atoms with Gasteiger partial charge in [-0.15, -0.1) is 11.3 Å². The number of benzene rings is 2. The zero-order chi connectivity index (χ0) is 21.7. The molecule has 4 aromatic rings. The molecule has 2 aromatic carbocycles. The average molecular weight is 440 g/mol. The van der Waals surface area contributed by atoms with E-state index in [9.17, 15) is 14.0 Å². The highest BCUT2D eigenvalue weighted by molar-refractivity contribution is 7.12. The number of H-pyrrole nitrogens is 1. The van der Waals surface area contributed by atoms with Crippen LogP contribution >= 0.6 is 11.3 Å². The predicted octanol–water partition coefficient (Wildman–Crippen LogP) is 4.54. The predicted molar refractivity (Wildman–Crippen MR) is 111 cm³/mol. The lowest BCUT2D eigenvalue weighted by Crippen LogP contribution is -2.30. The maximum atomic E-state index is 15.1. The summed E-state index contributed by atoms with van der Waals surface area (Å²) in [6.07, 6.45) is 1.53. The van der Waals surface area contributed by atoms with Crippen molar-refractivity contribution in [1.29, 1.82) is 0 Å².